The zero-order chi connectivity index (χ0) is 13.3. The lowest BCUT2D eigenvalue weighted by Gasteiger charge is -2.35. The van der Waals surface area contributed by atoms with Gasteiger partial charge in [0.15, 0.2) is 0 Å². The van der Waals surface area contributed by atoms with Crippen LogP contribution in [0.4, 0.5) is 5.69 Å². The maximum absolute atomic E-state index is 12.4. The van der Waals surface area contributed by atoms with Crippen LogP contribution in [0.2, 0.25) is 0 Å². The van der Waals surface area contributed by atoms with Gasteiger partial charge in [-0.3, -0.25) is 9.69 Å². The molecule has 18 heavy (non-hydrogen) atoms. The second-order valence-corrected chi connectivity index (χ2v) is 6.03. The van der Waals surface area contributed by atoms with Gasteiger partial charge in [0.05, 0.1) is 0 Å². The molecule has 0 N–H and O–H groups in total. The van der Waals surface area contributed by atoms with Gasteiger partial charge in [0.2, 0.25) is 5.91 Å². The average molecular weight is 308 g/mol. The van der Waals surface area contributed by atoms with Crippen LogP contribution in [-0.4, -0.2) is 5.91 Å². The summed E-state index contributed by atoms with van der Waals surface area (Å²) in [4.78, 5) is 14.2. The normalized spacial score (nSPS) is 24.4. The standard InChI is InChI=1S/C15H18BrNO/c1-10(2)14-11(3)15(18)17(9-13(14)16)12-7-5-4-6-8-12/h4-11,14H,1-3H3/t11-,14+/m0/s1. The van der Waals surface area contributed by atoms with Gasteiger partial charge >= 0.3 is 0 Å². The lowest BCUT2D eigenvalue weighted by atomic mass is 9.81. The van der Waals surface area contributed by atoms with Crippen LogP contribution in [-0.2, 0) is 4.79 Å². The molecule has 96 valence electrons. The summed E-state index contributed by atoms with van der Waals surface area (Å²) in [6.07, 6.45) is 1.92. The van der Waals surface area contributed by atoms with Gasteiger partial charge in [-0.25, -0.2) is 0 Å². The maximum atomic E-state index is 12.4. The maximum Gasteiger partial charge on any atom is 0.234 e. The first-order chi connectivity index (χ1) is 8.52. The first kappa shape index (κ1) is 13.3. The highest BCUT2D eigenvalue weighted by Crippen LogP contribution is 2.38. The van der Waals surface area contributed by atoms with E-state index < -0.39 is 0 Å². The third-order valence-electron chi connectivity index (χ3n) is 3.49. The Morgan fingerprint density at radius 3 is 2.39 bits per heavy atom. The van der Waals surface area contributed by atoms with Gasteiger partial charge in [-0.2, -0.15) is 0 Å². The minimum absolute atomic E-state index is 0.00424. The van der Waals surface area contributed by atoms with Crippen molar-refractivity contribution in [3.8, 4) is 0 Å². The summed E-state index contributed by atoms with van der Waals surface area (Å²) in [6.45, 7) is 6.32. The highest BCUT2D eigenvalue weighted by Gasteiger charge is 2.36. The number of amides is 1. The molecule has 0 unspecified atom stereocenters. The molecule has 1 aliphatic rings. The van der Waals surface area contributed by atoms with Gasteiger partial charge in [0, 0.05) is 28.2 Å². The molecule has 0 fully saturated rings. The first-order valence-electron chi connectivity index (χ1n) is 6.27. The van der Waals surface area contributed by atoms with E-state index >= 15 is 0 Å². The van der Waals surface area contributed by atoms with E-state index in [9.17, 15) is 4.79 Å². The summed E-state index contributed by atoms with van der Waals surface area (Å²) >= 11 is 3.63. The zero-order valence-corrected chi connectivity index (χ0v) is 12.5. The Labute approximate surface area is 117 Å². The Hall–Kier alpha value is -1.09. The molecule has 0 saturated carbocycles. The smallest absolute Gasteiger partial charge is 0.234 e. The summed E-state index contributed by atoms with van der Waals surface area (Å²) < 4.78 is 1.11. The van der Waals surface area contributed by atoms with Crippen LogP contribution < -0.4 is 4.90 Å². The van der Waals surface area contributed by atoms with Crippen LogP contribution in [0.15, 0.2) is 41.0 Å². The number of carbonyl (C=O) groups is 1. The predicted octanol–water partition coefficient (Wildman–Crippen LogP) is 4.18. The molecule has 0 aromatic heterocycles. The third-order valence-corrected chi connectivity index (χ3v) is 4.22. The molecule has 1 aliphatic heterocycles. The summed E-state index contributed by atoms with van der Waals surface area (Å²) in [5.74, 6) is 0.901. The highest BCUT2D eigenvalue weighted by atomic mass is 79.9. The van der Waals surface area contributed by atoms with E-state index in [-0.39, 0.29) is 17.7 Å². The third kappa shape index (κ3) is 2.37. The molecule has 3 heteroatoms. The molecule has 2 nitrogen and oxygen atoms in total. The van der Waals surface area contributed by atoms with Crippen molar-refractivity contribution < 1.29 is 4.79 Å². The SMILES string of the molecule is CC(C)[C@H]1C(Br)=CN(c2ccccc2)C(=O)[C@H]1C. The number of hydrogen-bond acceptors (Lipinski definition) is 1. The molecule has 2 rings (SSSR count). The van der Waals surface area contributed by atoms with E-state index in [0.717, 1.165) is 10.2 Å². The summed E-state index contributed by atoms with van der Waals surface area (Å²) in [6, 6.07) is 9.76. The minimum Gasteiger partial charge on any atom is -0.287 e. The summed E-state index contributed by atoms with van der Waals surface area (Å²) in [5, 5.41) is 0. The van der Waals surface area contributed by atoms with Crippen LogP contribution in [0, 0.1) is 17.8 Å². The number of halogens is 1. The van der Waals surface area contributed by atoms with Crippen molar-refractivity contribution in [1.82, 2.24) is 0 Å². The van der Waals surface area contributed by atoms with E-state index in [1.165, 1.54) is 0 Å². The molecule has 1 aromatic rings. The Balaban J connectivity index is 2.38. The Kier molecular flexibility index (Phi) is 3.91. The monoisotopic (exact) mass is 307 g/mol. The first-order valence-corrected chi connectivity index (χ1v) is 7.07. The number of para-hydroxylation sites is 1. The van der Waals surface area contributed by atoms with Gasteiger partial charge < -0.3 is 0 Å². The molecule has 1 aromatic carbocycles. The number of carbonyl (C=O) groups excluding carboxylic acids is 1. The Morgan fingerprint density at radius 2 is 1.83 bits per heavy atom. The van der Waals surface area contributed by atoms with Crippen molar-refractivity contribution >= 4 is 27.5 Å². The Morgan fingerprint density at radius 1 is 1.22 bits per heavy atom. The van der Waals surface area contributed by atoms with Crippen LogP contribution in [0.3, 0.4) is 0 Å². The summed E-state index contributed by atoms with van der Waals surface area (Å²) in [7, 11) is 0. The van der Waals surface area contributed by atoms with Crippen molar-refractivity contribution in [3.63, 3.8) is 0 Å². The van der Waals surface area contributed by atoms with Crippen LogP contribution in [0.25, 0.3) is 0 Å². The van der Waals surface area contributed by atoms with Gasteiger partial charge in [0.25, 0.3) is 0 Å². The fourth-order valence-electron chi connectivity index (χ4n) is 2.57. The van der Waals surface area contributed by atoms with Crippen molar-refractivity contribution in [2.24, 2.45) is 17.8 Å². The quantitative estimate of drug-likeness (QED) is 0.802. The minimum atomic E-state index is 0.00424. The van der Waals surface area contributed by atoms with Crippen molar-refractivity contribution in [2.75, 3.05) is 4.90 Å². The molecule has 0 aliphatic carbocycles. The lowest BCUT2D eigenvalue weighted by Crippen LogP contribution is -2.40. The van der Waals surface area contributed by atoms with E-state index in [1.807, 2.05) is 43.5 Å². The molecule has 1 heterocycles. The number of allylic oxidation sites excluding steroid dienone is 1. The number of anilines is 1. The average Bonchev–Trinajstić information content (AvgIpc) is 2.34. The topological polar surface area (TPSA) is 20.3 Å². The van der Waals surface area contributed by atoms with Gasteiger partial charge in [-0.15, -0.1) is 0 Å². The zero-order valence-electron chi connectivity index (χ0n) is 10.9. The van der Waals surface area contributed by atoms with Gasteiger partial charge in [-0.05, 0) is 18.1 Å². The van der Waals surface area contributed by atoms with E-state index in [1.54, 1.807) is 4.90 Å². The van der Waals surface area contributed by atoms with E-state index in [4.69, 9.17) is 0 Å². The highest BCUT2D eigenvalue weighted by molar-refractivity contribution is 9.11. The Bertz CT molecular complexity index is 467. The molecular formula is C15H18BrNO. The van der Waals surface area contributed by atoms with Gasteiger partial charge in [0.1, 0.15) is 0 Å². The molecule has 0 bridgehead atoms. The van der Waals surface area contributed by atoms with E-state index in [2.05, 4.69) is 29.8 Å². The van der Waals surface area contributed by atoms with Crippen LogP contribution in [0.1, 0.15) is 20.8 Å². The lowest BCUT2D eigenvalue weighted by molar-refractivity contribution is -0.123. The van der Waals surface area contributed by atoms with Crippen molar-refractivity contribution in [3.05, 3.63) is 41.0 Å². The number of nitrogens with zero attached hydrogens (tertiary/aromatic N) is 1. The molecule has 2 atom stereocenters. The second kappa shape index (κ2) is 5.27. The van der Waals surface area contributed by atoms with Crippen LogP contribution >= 0.6 is 15.9 Å². The fourth-order valence-corrected chi connectivity index (χ4v) is 3.70. The van der Waals surface area contributed by atoms with Crippen molar-refractivity contribution in [2.45, 2.75) is 20.8 Å². The molecule has 0 saturated heterocycles. The largest absolute Gasteiger partial charge is 0.287 e. The number of benzene rings is 1. The number of rotatable bonds is 2. The molecule has 0 radical (unpaired) electrons. The fraction of sp³-hybridized carbons (Fsp3) is 0.400. The molecular weight excluding hydrogens is 290 g/mol. The molecule has 1 amide bonds. The second-order valence-electron chi connectivity index (χ2n) is 5.12. The summed E-state index contributed by atoms with van der Waals surface area (Å²) in [5.41, 5.74) is 0.925. The van der Waals surface area contributed by atoms with E-state index in [0.29, 0.717) is 5.92 Å². The molecule has 0 spiro atoms. The number of hydrogen-bond donors (Lipinski definition) is 0. The predicted molar refractivity (Wildman–Crippen MR) is 78.4 cm³/mol. The van der Waals surface area contributed by atoms with Crippen molar-refractivity contribution in [1.29, 1.82) is 0 Å². The van der Waals surface area contributed by atoms with Crippen LogP contribution in [0.5, 0.6) is 0 Å². The van der Waals surface area contributed by atoms with Gasteiger partial charge in [-0.1, -0.05) is 54.9 Å².